The second-order valence-corrected chi connectivity index (χ2v) is 6.57. The molecule has 5 atom stereocenters. The highest BCUT2D eigenvalue weighted by Gasteiger charge is 2.47. The fourth-order valence-corrected chi connectivity index (χ4v) is 2.87. The average Bonchev–Trinajstić information content (AvgIpc) is 2.55. The quantitative estimate of drug-likeness (QED) is 0.445. The number of carbonyl (C=O) groups is 4. The Morgan fingerprint density at radius 2 is 1.75 bits per heavy atom. The standard InChI is InChI=1S/C15H22F2NO9P/c1-7-13(18-8(2)19)15(24-6-12(22)27-28(16)17)26-11(5-23-9(3)20)14(7)25-10(4)21/h7,11,13-15H,5-6H2,1-4H3,(H,18,19). The number of halogens is 2. The van der Waals surface area contributed by atoms with Crippen molar-refractivity contribution in [3.8, 4) is 0 Å². The molecule has 0 aliphatic carbocycles. The Bertz CT molecular complexity index is 590. The Kier molecular flexibility index (Phi) is 9.63. The minimum Gasteiger partial charge on any atom is -0.463 e. The first-order valence-corrected chi connectivity index (χ1v) is 9.22. The molecule has 28 heavy (non-hydrogen) atoms. The number of ether oxygens (including phenoxy) is 4. The van der Waals surface area contributed by atoms with E-state index in [0.29, 0.717) is 0 Å². The maximum Gasteiger partial charge on any atom is 0.483 e. The molecule has 1 aliphatic heterocycles. The van der Waals surface area contributed by atoms with Gasteiger partial charge in [0.05, 0.1) is 6.04 Å². The highest BCUT2D eigenvalue weighted by Crippen LogP contribution is 2.39. The Morgan fingerprint density at radius 1 is 1.11 bits per heavy atom. The first kappa shape index (κ1) is 24.1. The molecule has 0 spiro atoms. The van der Waals surface area contributed by atoms with Gasteiger partial charge < -0.3 is 28.8 Å². The van der Waals surface area contributed by atoms with Crippen LogP contribution in [0.3, 0.4) is 0 Å². The summed E-state index contributed by atoms with van der Waals surface area (Å²) < 4.78 is 49.0. The van der Waals surface area contributed by atoms with Gasteiger partial charge in [0.2, 0.25) is 5.91 Å². The number of esters is 2. The molecule has 0 aromatic carbocycles. The third-order valence-corrected chi connectivity index (χ3v) is 4.05. The topological polar surface area (TPSA) is 126 Å². The monoisotopic (exact) mass is 429 g/mol. The smallest absolute Gasteiger partial charge is 0.463 e. The summed E-state index contributed by atoms with van der Waals surface area (Å²) in [4.78, 5) is 45.4. The molecular weight excluding hydrogens is 407 g/mol. The van der Waals surface area contributed by atoms with E-state index < -0.39 is 69.6 Å². The lowest BCUT2D eigenvalue weighted by molar-refractivity contribution is -0.262. The largest absolute Gasteiger partial charge is 0.483 e. The van der Waals surface area contributed by atoms with Crippen LogP contribution in [-0.2, 0) is 42.6 Å². The third-order valence-electron chi connectivity index (χ3n) is 3.71. The minimum atomic E-state index is -3.90. The summed E-state index contributed by atoms with van der Waals surface area (Å²) in [7, 11) is -3.90. The molecule has 0 bridgehead atoms. The summed E-state index contributed by atoms with van der Waals surface area (Å²) in [6, 6.07) is -0.888. The molecule has 1 aliphatic rings. The zero-order valence-electron chi connectivity index (χ0n) is 15.7. The van der Waals surface area contributed by atoms with Gasteiger partial charge in [0.25, 0.3) is 0 Å². The van der Waals surface area contributed by atoms with E-state index >= 15 is 0 Å². The van der Waals surface area contributed by atoms with Crippen molar-refractivity contribution in [2.24, 2.45) is 5.92 Å². The van der Waals surface area contributed by atoms with E-state index in [2.05, 4.69) is 9.84 Å². The number of hydrogen-bond acceptors (Lipinski definition) is 9. The first-order valence-electron chi connectivity index (χ1n) is 8.18. The minimum absolute atomic E-state index is 0.297. The van der Waals surface area contributed by atoms with Gasteiger partial charge in [-0.05, 0) is 0 Å². The molecule has 1 amide bonds. The molecule has 1 N–H and O–H groups in total. The predicted octanol–water partition coefficient (Wildman–Crippen LogP) is 1.07. The van der Waals surface area contributed by atoms with Gasteiger partial charge in [0.15, 0.2) is 6.29 Å². The average molecular weight is 429 g/mol. The maximum absolute atomic E-state index is 12.2. The van der Waals surface area contributed by atoms with Crippen molar-refractivity contribution in [2.45, 2.75) is 52.2 Å². The van der Waals surface area contributed by atoms with Crippen LogP contribution in [0.1, 0.15) is 27.7 Å². The van der Waals surface area contributed by atoms with Crippen molar-refractivity contribution in [1.82, 2.24) is 5.32 Å². The zero-order chi connectivity index (χ0) is 21.4. The molecule has 5 unspecified atom stereocenters. The molecule has 0 aromatic heterocycles. The van der Waals surface area contributed by atoms with E-state index in [1.807, 2.05) is 0 Å². The fraction of sp³-hybridized carbons (Fsp3) is 0.733. The van der Waals surface area contributed by atoms with Gasteiger partial charge in [0, 0.05) is 26.7 Å². The molecular formula is C15H22F2NO9P. The van der Waals surface area contributed by atoms with Crippen LogP contribution in [0.25, 0.3) is 0 Å². The van der Waals surface area contributed by atoms with E-state index in [0.717, 1.165) is 0 Å². The summed E-state index contributed by atoms with van der Waals surface area (Å²) >= 11 is 0. The number of amides is 1. The Morgan fingerprint density at radius 3 is 2.25 bits per heavy atom. The lowest BCUT2D eigenvalue weighted by atomic mass is 9.88. The van der Waals surface area contributed by atoms with Crippen LogP contribution in [0.2, 0.25) is 0 Å². The second-order valence-electron chi connectivity index (χ2n) is 5.98. The van der Waals surface area contributed by atoms with E-state index in [1.165, 1.54) is 20.8 Å². The normalized spacial score (nSPS) is 27.0. The molecule has 1 fully saturated rings. The molecule has 1 saturated heterocycles. The van der Waals surface area contributed by atoms with Crippen LogP contribution in [0.4, 0.5) is 8.39 Å². The predicted molar refractivity (Wildman–Crippen MR) is 88.8 cm³/mol. The van der Waals surface area contributed by atoms with Gasteiger partial charge in [0.1, 0.15) is 25.4 Å². The lowest BCUT2D eigenvalue weighted by Gasteiger charge is -2.44. The Hall–Kier alpha value is -1.91. The molecule has 10 nitrogen and oxygen atoms in total. The van der Waals surface area contributed by atoms with Gasteiger partial charge >= 0.3 is 26.7 Å². The molecule has 0 radical (unpaired) electrons. The van der Waals surface area contributed by atoms with Gasteiger partial charge in [-0.3, -0.25) is 14.4 Å². The van der Waals surface area contributed by atoms with Crippen LogP contribution in [0.5, 0.6) is 0 Å². The highest BCUT2D eigenvalue weighted by atomic mass is 31.2. The van der Waals surface area contributed by atoms with Gasteiger partial charge in [-0.15, -0.1) is 8.39 Å². The van der Waals surface area contributed by atoms with Crippen molar-refractivity contribution in [3.63, 3.8) is 0 Å². The van der Waals surface area contributed by atoms with Crippen molar-refractivity contribution >= 4 is 32.6 Å². The molecule has 1 rings (SSSR count). The van der Waals surface area contributed by atoms with Crippen molar-refractivity contribution in [2.75, 3.05) is 13.2 Å². The molecule has 0 aromatic rings. The number of carbonyl (C=O) groups excluding carboxylic acids is 4. The number of hydrogen-bond donors (Lipinski definition) is 1. The summed E-state index contributed by atoms with van der Waals surface area (Å²) in [5, 5.41) is 2.55. The summed E-state index contributed by atoms with van der Waals surface area (Å²) in [6.45, 7) is 4.03. The first-order chi connectivity index (χ1) is 13.0. The van der Waals surface area contributed by atoms with Crippen LogP contribution in [0.15, 0.2) is 0 Å². The molecule has 1 heterocycles. The van der Waals surface area contributed by atoms with Crippen LogP contribution >= 0.6 is 8.77 Å². The Labute approximate surface area is 161 Å². The van der Waals surface area contributed by atoms with Crippen molar-refractivity contribution < 1.29 is 51.0 Å². The van der Waals surface area contributed by atoms with Crippen LogP contribution < -0.4 is 5.32 Å². The second kappa shape index (κ2) is 11.2. The number of rotatable bonds is 8. The molecule has 13 heteroatoms. The molecule has 0 saturated carbocycles. The van der Waals surface area contributed by atoms with Gasteiger partial charge in [-0.2, -0.15) is 0 Å². The highest BCUT2D eigenvalue weighted by molar-refractivity contribution is 7.41. The van der Waals surface area contributed by atoms with Crippen LogP contribution in [-0.4, -0.2) is 61.6 Å². The summed E-state index contributed by atoms with van der Waals surface area (Å²) in [5.74, 6) is -3.61. The van der Waals surface area contributed by atoms with Gasteiger partial charge in [-0.25, -0.2) is 4.79 Å². The zero-order valence-corrected chi connectivity index (χ0v) is 16.6. The fourth-order valence-electron chi connectivity index (χ4n) is 2.66. The lowest BCUT2D eigenvalue weighted by Crippen LogP contribution is -2.62. The Balaban J connectivity index is 2.98. The summed E-state index contributed by atoms with van der Waals surface area (Å²) in [5.41, 5.74) is 0. The van der Waals surface area contributed by atoms with E-state index in [4.69, 9.17) is 18.9 Å². The SMILES string of the molecule is CC(=O)NC1C(OCC(=O)OP(F)F)OC(COC(C)=O)C(OC(C)=O)C1C. The van der Waals surface area contributed by atoms with E-state index in [1.54, 1.807) is 6.92 Å². The molecule has 160 valence electrons. The van der Waals surface area contributed by atoms with Gasteiger partial charge in [-0.1, -0.05) is 6.92 Å². The number of nitrogens with one attached hydrogen (secondary N) is 1. The maximum atomic E-state index is 12.2. The third kappa shape index (κ3) is 7.99. The van der Waals surface area contributed by atoms with Crippen LogP contribution in [0, 0.1) is 5.92 Å². The van der Waals surface area contributed by atoms with Crippen molar-refractivity contribution in [1.29, 1.82) is 0 Å². The van der Waals surface area contributed by atoms with Crippen molar-refractivity contribution in [3.05, 3.63) is 0 Å². The van der Waals surface area contributed by atoms with E-state index in [-0.39, 0.29) is 6.61 Å². The van der Waals surface area contributed by atoms with E-state index in [9.17, 15) is 27.6 Å². The summed E-state index contributed by atoms with van der Waals surface area (Å²) in [6.07, 6.45) is -3.16.